The van der Waals surface area contributed by atoms with Crippen LogP contribution in [0.2, 0.25) is 0 Å². The first-order valence-corrected chi connectivity index (χ1v) is 8.51. The van der Waals surface area contributed by atoms with Crippen molar-refractivity contribution < 1.29 is 14.7 Å². The van der Waals surface area contributed by atoms with Crippen LogP contribution in [0.3, 0.4) is 0 Å². The summed E-state index contributed by atoms with van der Waals surface area (Å²) in [6.45, 7) is 5.98. The van der Waals surface area contributed by atoms with Crippen molar-refractivity contribution in [2.24, 2.45) is 5.41 Å². The zero-order valence-corrected chi connectivity index (χ0v) is 14.3. The van der Waals surface area contributed by atoms with E-state index in [-0.39, 0.29) is 12.6 Å². The lowest BCUT2D eigenvalue weighted by Crippen LogP contribution is -2.44. The minimum absolute atomic E-state index is 0.167. The molecule has 1 saturated heterocycles. The summed E-state index contributed by atoms with van der Waals surface area (Å²) < 4.78 is 0. The summed E-state index contributed by atoms with van der Waals surface area (Å²) in [5.41, 5.74) is 1.78. The number of fused-ring (bicyclic) bond motifs is 1. The highest BCUT2D eigenvalue weighted by atomic mass is 16.4. The fraction of sp³-hybridized carbons (Fsp3) is 0.556. The number of amides is 2. The Morgan fingerprint density at radius 2 is 2.12 bits per heavy atom. The maximum Gasteiger partial charge on any atom is 0.317 e. The van der Waals surface area contributed by atoms with Crippen LogP contribution in [0.5, 0.6) is 0 Å². The summed E-state index contributed by atoms with van der Waals surface area (Å²) in [5, 5.41) is 12.2. The molecule has 1 fully saturated rings. The number of benzene rings is 1. The lowest BCUT2D eigenvalue weighted by Gasteiger charge is -2.26. The van der Waals surface area contributed by atoms with Gasteiger partial charge in [-0.05, 0) is 38.3 Å². The van der Waals surface area contributed by atoms with Gasteiger partial charge < -0.3 is 20.2 Å². The molecule has 1 aromatic rings. The maximum absolute atomic E-state index is 12.3. The molecule has 2 N–H and O–H groups in total. The van der Waals surface area contributed by atoms with Gasteiger partial charge in [-0.1, -0.05) is 18.2 Å². The molecular weight excluding hydrogens is 306 g/mol. The van der Waals surface area contributed by atoms with E-state index in [0.29, 0.717) is 25.6 Å². The standard InChI is InChI=1S/C18H25N3O3/c1-13-11-14-5-3-4-6-15(14)21(13)10-8-19-17(24)20-9-7-18(2,12-20)16(22)23/h3-6,13H,7-12H2,1-2H3,(H,19,24)(H,22,23). The van der Waals surface area contributed by atoms with E-state index in [0.717, 1.165) is 13.0 Å². The van der Waals surface area contributed by atoms with Crippen molar-refractivity contribution in [2.45, 2.75) is 32.7 Å². The lowest BCUT2D eigenvalue weighted by atomic mass is 9.90. The SMILES string of the molecule is CC1Cc2ccccc2N1CCNC(=O)N1CCC(C)(C(=O)O)C1. The first kappa shape index (κ1) is 16.6. The number of para-hydroxylation sites is 1. The van der Waals surface area contributed by atoms with E-state index < -0.39 is 11.4 Å². The molecule has 2 heterocycles. The van der Waals surface area contributed by atoms with Gasteiger partial charge in [0.25, 0.3) is 0 Å². The molecule has 2 unspecified atom stereocenters. The minimum atomic E-state index is -0.833. The molecule has 0 aliphatic carbocycles. The zero-order valence-electron chi connectivity index (χ0n) is 14.3. The molecule has 0 saturated carbocycles. The van der Waals surface area contributed by atoms with Gasteiger partial charge in [0.15, 0.2) is 0 Å². The van der Waals surface area contributed by atoms with Crippen LogP contribution < -0.4 is 10.2 Å². The number of carboxylic acid groups (broad SMARTS) is 1. The molecule has 6 nitrogen and oxygen atoms in total. The largest absolute Gasteiger partial charge is 0.481 e. The lowest BCUT2D eigenvalue weighted by molar-refractivity contribution is -0.146. The van der Waals surface area contributed by atoms with Crippen molar-refractivity contribution in [1.82, 2.24) is 10.2 Å². The Balaban J connectivity index is 1.51. The van der Waals surface area contributed by atoms with E-state index in [2.05, 4.69) is 35.3 Å². The van der Waals surface area contributed by atoms with Gasteiger partial charge in [0.2, 0.25) is 0 Å². The Labute approximate surface area is 142 Å². The predicted molar refractivity (Wildman–Crippen MR) is 92.3 cm³/mol. The van der Waals surface area contributed by atoms with E-state index in [1.165, 1.54) is 11.3 Å². The fourth-order valence-corrected chi connectivity index (χ4v) is 3.67. The highest BCUT2D eigenvalue weighted by molar-refractivity contribution is 5.79. The van der Waals surface area contributed by atoms with E-state index in [1.54, 1.807) is 11.8 Å². The van der Waals surface area contributed by atoms with Crippen molar-refractivity contribution >= 4 is 17.7 Å². The Morgan fingerprint density at radius 3 is 2.83 bits per heavy atom. The summed E-state index contributed by atoms with van der Waals surface area (Å²) in [7, 11) is 0. The fourth-order valence-electron chi connectivity index (χ4n) is 3.67. The summed E-state index contributed by atoms with van der Waals surface area (Å²) in [4.78, 5) is 27.5. The number of nitrogens with one attached hydrogen (secondary N) is 1. The Bertz CT molecular complexity index is 648. The molecule has 3 rings (SSSR count). The molecule has 1 aromatic carbocycles. The Kier molecular flexibility index (Phi) is 4.39. The monoisotopic (exact) mass is 331 g/mol. The number of rotatable bonds is 4. The second kappa shape index (κ2) is 6.34. The van der Waals surface area contributed by atoms with Crippen LogP contribution >= 0.6 is 0 Å². The van der Waals surface area contributed by atoms with Gasteiger partial charge in [0.1, 0.15) is 0 Å². The molecule has 2 aliphatic rings. The molecule has 130 valence electrons. The van der Waals surface area contributed by atoms with Crippen molar-refractivity contribution in [1.29, 1.82) is 0 Å². The van der Waals surface area contributed by atoms with Crippen LogP contribution in [0.15, 0.2) is 24.3 Å². The number of carbonyl (C=O) groups excluding carboxylic acids is 1. The van der Waals surface area contributed by atoms with Gasteiger partial charge in [0, 0.05) is 37.9 Å². The normalized spacial score (nSPS) is 25.7. The number of nitrogens with zero attached hydrogens (tertiary/aromatic N) is 2. The number of hydrogen-bond acceptors (Lipinski definition) is 3. The number of anilines is 1. The minimum Gasteiger partial charge on any atom is -0.481 e. The average Bonchev–Trinajstić information content (AvgIpc) is 3.09. The molecule has 2 atom stereocenters. The summed E-state index contributed by atoms with van der Waals surface area (Å²) in [6, 6.07) is 8.64. The van der Waals surface area contributed by atoms with Crippen LogP contribution in [-0.4, -0.2) is 54.2 Å². The van der Waals surface area contributed by atoms with E-state index >= 15 is 0 Å². The number of likely N-dealkylation sites (tertiary alicyclic amines) is 1. The third kappa shape index (κ3) is 3.05. The summed E-state index contributed by atoms with van der Waals surface area (Å²) in [6.07, 6.45) is 1.54. The number of aliphatic carboxylic acids is 1. The second-order valence-electron chi connectivity index (χ2n) is 7.14. The highest BCUT2D eigenvalue weighted by Crippen LogP contribution is 2.31. The molecule has 0 bridgehead atoms. The molecule has 0 radical (unpaired) electrons. The van der Waals surface area contributed by atoms with Crippen molar-refractivity contribution in [3.63, 3.8) is 0 Å². The molecule has 24 heavy (non-hydrogen) atoms. The molecule has 2 amide bonds. The van der Waals surface area contributed by atoms with Crippen LogP contribution in [-0.2, 0) is 11.2 Å². The van der Waals surface area contributed by atoms with Gasteiger partial charge in [-0.2, -0.15) is 0 Å². The number of urea groups is 1. The third-order valence-electron chi connectivity index (χ3n) is 5.25. The summed E-state index contributed by atoms with van der Waals surface area (Å²) >= 11 is 0. The van der Waals surface area contributed by atoms with Crippen LogP contribution in [0, 0.1) is 5.41 Å². The molecular formula is C18H25N3O3. The first-order valence-electron chi connectivity index (χ1n) is 8.51. The van der Waals surface area contributed by atoms with Gasteiger partial charge in [0.05, 0.1) is 5.41 Å². The Hall–Kier alpha value is -2.24. The van der Waals surface area contributed by atoms with E-state index in [4.69, 9.17) is 0 Å². The number of carboxylic acids is 1. The Morgan fingerprint density at radius 1 is 1.38 bits per heavy atom. The van der Waals surface area contributed by atoms with E-state index in [1.807, 2.05) is 6.07 Å². The second-order valence-corrected chi connectivity index (χ2v) is 7.14. The van der Waals surface area contributed by atoms with Gasteiger partial charge in [-0.25, -0.2) is 4.79 Å². The van der Waals surface area contributed by atoms with Crippen molar-refractivity contribution in [3.8, 4) is 0 Å². The number of carbonyl (C=O) groups is 2. The van der Waals surface area contributed by atoms with Gasteiger partial charge in [-0.15, -0.1) is 0 Å². The number of hydrogen-bond donors (Lipinski definition) is 2. The summed E-state index contributed by atoms with van der Waals surface area (Å²) in [5.74, 6) is -0.833. The van der Waals surface area contributed by atoms with Crippen molar-refractivity contribution in [2.75, 3.05) is 31.1 Å². The zero-order chi connectivity index (χ0) is 17.3. The molecule has 0 aromatic heterocycles. The van der Waals surface area contributed by atoms with Crippen LogP contribution in [0.1, 0.15) is 25.8 Å². The smallest absolute Gasteiger partial charge is 0.317 e. The molecule has 6 heteroatoms. The van der Waals surface area contributed by atoms with Crippen LogP contribution in [0.4, 0.5) is 10.5 Å². The van der Waals surface area contributed by atoms with Gasteiger partial charge in [-0.3, -0.25) is 4.79 Å². The third-order valence-corrected chi connectivity index (χ3v) is 5.25. The average molecular weight is 331 g/mol. The highest BCUT2D eigenvalue weighted by Gasteiger charge is 2.42. The van der Waals surface area contributed by atoms with Crippen molar-refractivity contribution in [3.05, 3.63) is 29.8 Å². The molecule has 2 aliphatic heterocycles. The first-order chi connectivity index (χ1) is 11.4. The van der Waals surface area contributed by atoms with E-state index in [9.17, 15) is 14.7 Å². The van der Waals surface area contributed by atoms with Crippen LogP contribution in [0.25, 0.3) is 0 Å². The quantitative estimate of drug-likeness (QED) is 0.884. The maximum atomic E-state index is 12.3. The van der Waals surface area contributed by atoms with Gasteiger partial charge >= 0.3 is 12.0 Å². The topological polar surface area (TPSA) is 72.9 Å². The molecule has 0 spiro atoms. The predicted octanol–water partition coefficient (Wildman–Crippen LogP) is 1.94.